The number of aromatic nitrogens is 1. The number of aromatic amines is 1. The van der Waals surface area contributed by atoms with E-state index >= 15 is 0 Å². The van der Waals surface area contributed by atoms with Crippen molar-refractivity contribution in [3.63, 3.8) is 0 Å². The molecule has 0 bridgehead atoms. The molecule has 5 heteroatoms. The molecule has 106 valence electrons. The van der Waals surface area contributed by atoms with Gasteiger partial charge in [0.1, 0.15) is 5.69 Å². The van der Waals surface area contributed by atoms with E-state index in [0.29, 0.717) is 12.1 Å². The first kappa shape index (κ1) is 14.1. The summed E-state index contributed by atoms with van der Waals surface area (Å²) >= 11 is 0. The van der Waals surface area contributed by atoms with Crippen LogP contribution in [0.1, 0.15) is 36.3 Å². The van der Waals surface area contributed by atoms with Crippen molar-refractivity contribution in [2.75, 3.05) is 11.9 Å². The maximum absolute atomic E-state index is 12.0. The van der Waals surface area contributed by atoms with Crippen molar-refractivity contribution in [1.29, 1.82) is 0 Å². The molecule has 0 fully saturated rings. The number of ether oxygens (including phenoxy) is 1. The van der Waals surface area contributed by atoms with Gasteiger partial charge >= 0.3 is 5.97 Å². The monoisotopic (exact) mass is 274 g/mol. The molecule has 20 heavy (non-hydrogen) atoms. The van der Waals surface area contributed by atoms with Crippen LogP contribution in [0.5, 0.6) is 0 Å². The Balaban J connectivity index is 2.57. The number of anilines is 1. The van der Waals surface area contributed by atoms with Gasteiger partial charge in [0.25, 0.3) is 0 Å². The van der Waals surface area contributed by atoms with Gasteiger partial charge in [-0.3, -0.25) is 4.79 Å². The molecule has 2 aromatic rings. The highest BCUT2D eigenvalue weighted by Gasteiger charge is 2.20. The van der Waals surface area contributed by atoms with Gasteiger partial charge in [-0.25, -0.2) is 4.79 Å². The summed E-state index contributed by atoms with van der Waals surface area (Å²) in [5, 5.41) is 3.59. The summed E-state index contributed by atoms with van der Waals surface area (Å²) < 4.78 is 5.02. The summed E-state index contributed by atoms with van der Waals surface area (Å²) in [5.74, 6) is -0.606. The number of esters is 1. The van der Waals surface area contributed by atoms with E-state index in [1.54, 1.807) is 13.8 Å². The second kappa shape index (κ2) is 5.77. The van der Waals surface area contributed by atoms with E-state index in [0.717, 1.165) is 16.5 Å². The summed E-state index contributed by atoms with van der Waals surface area (Å²) in [6, 6.07) is 5.76. The molecule has 0 aliphatic heterocycles. The Morgan fingerprint density at radius 1 is 1.30 bits per heavy atom. The SMILES string of the molecule is CCOC(=O)c1[nH]c2ccc(C)cc2c1NC(=O)CC. The van der Waals surface area contributed by atoms with Crippen LogP contribution in [-0.2, 0) is 9.53 Å². The highest BCUT2D eigenvalue weighted by atomic mass is 16.5. The van der Waals surface area contributed by atoms with E-state index in [1.807, 2.05) is 25.1 Å². The number of H-pyrrole nitrogens is 1. The zero-order valence-electron chi connectivity index (χ0n) is 11.9. The molecule has 0 aliphatic carbocycles. The first-order valence-electron chi connectivity index (χ1n) is 6.66. The molecule has 1 aromatic carbocycles. The molecule has 1 heterocycles. The van der Waals surface area contributed by atoms with Crippen LogP contribution in [0.2, 0.25) is 0 Å². The predicted molar refractivity (Wildman–Crippen MR) is 77.9 cm³/mol. The van der Waals surface area contributed by atoms with Gasteiger partial charge in [-0.1, -0.05) is 18.6 Å². The molecule has 0 saturated carbocycles. The summed E-state index contributed by atoms with van der Waals surface area (Å²) in [6.45, 7) is 5.75. The zero-order chi connectivity index (χ0) is 14.7. The van der Waals surface area contributed by atoms with Crippen molar-refractivity contribution >= 4 is 28.5 Å². The number of benzene rings is 1. The minimum absolute atomic E-state index is 0.141. The largest absolute Gasteiger partial charge is 0.461 e. The smallest absolute Gasteiger partial charge is 0.356 e. The Hall–Kier alpha value is -2.30. The lowest BCUT2D eigenvalue weighted by Gasteiger charge is -2.06. The molecule has 0 atom stereocenters. The second-order valence-corrected chi connectivity index (χ2v) is 4.55. The van der Waals surface area contributed by atoms with E-state index in [2.05, 4.69) is 10.3 Å². The van der Waals surface area contributed by atoms with Crippen LogP contribution in [-0.4, -0.2) is 23.5 Å². The summed E-state index contributed by atoms with van der Waals surface area (Å²) in [6.07, 6.45) is 0.348. The number of amides is 1. The van der Waals surface area contributed by atoms with Crippen LogP contribution in [0.3, 0.4) is 0 Å². The lowest BCUT2D eigenvalue weighted by Crippen LogP contribution is -2.14. The Bertz CT molecular complexity index is 658. The number of hydrogen-bond donors (Lipinski definition) is 2. The maximum Gasteiger partial charge on any atom is 0.356 e. The highest BCUT2D eigenvalue weighted by molar-refractivity contribution is 6.11. The van der Waals surface area contributed by atoms with Crippen molar-refractivity contribution in [3.8, 4) is 0 Å². The number of nitrogens with one attached hydrogen (secondary N) is 2. The number of rotatable bonds is 4. The fraction of sp³-hybridized carbons (Fsp3) is 0.333. The van der Waals surface area contributed by atoms with Gasteiger partial charge in [0, 0.05) is 17.3 Å². The van der Waals surface area contributed by atoms with Crippen molar-refractivity contribution in [2.45, 2.75) is 27.2 Å². The second-order valence-electron chi connectivity index (χ2n) is 4.55. The Morgan fingerprint density at radius 3 is 2.70 bits per heavy atom. The van der Waals surface area contributed by atoms with Gasteiger partial charge < -0.3 is 15.0 Å². The van der Waals surface area contributed by atoms with Crippen molar-refractivity contribution in [2.24, 2.45) is 0 Å². The van der Waals surface area contributed by atoms with Gasteiger partial charge in [-0.05, 0) is 26.0 Å². The zero-order valence-corrected chi connectivity index (χ0v) is 11.9. The standard InChI is InChI=1S/C15H18N2O3/c1-4-12(18)17-13-10-8-9(3)6-7-11(10)16-14(13)15(19)20-5-2/h6-8,16H,4-5H2,1-3H3,(H,17,18). The third-order valence-corrected chi connectivity index (χ3v) is 3.02. The molecule has 0 radical (unpaired) electrons. The van der Waals surface area contributed by atoms with E-state index in [4.69, 9.17) is 4.74 Å². The van der Waals surface area contributed by atoms with E-state index in [9.17, 15) is 9.59 Å². The third kappa shape index (κ3) is 2.66. The molecular weight excluding hydrogens is 256 g/mol. The summed E-state index contributed by atoms with van der Waals surface area (Å²) in [4.78, 5) is 26.7. The summed E-state index contributed by atoms with van der Waals surface area (Å²) in [7, 11) is 0. The molecule has 0 aliphatic rings. The van der Waals surface area contributed by atoms with Gasteiger partial charge in [0.2, 0.25) is 5.91 Å². The Labute approximate surface area is 117 Å². The highest BCUT2D eigenvalue weighted by Crippen LogP contribution is 2.29. The lowest BCUT2D eigenvalue weighted by atomic mass is 10.1. The fourth-order valence-electron chi connectivity index (χ4n) is 2.02. The molecule has 2 N–H and O–H groups in total. The average Bonchev–Trinajstić information content (AvgIpc) is 2.77. The lowest BCUT2D eigenvalue weighted by molar-refractivity contribution is -0.115. The topological polar surface area (TPSA) is 71.2 Å². The predicted octanol–water partition coefficient (Wildman–Crippen LogP) is 3.00. The molecule has 1 aromatic heterocycles. The van der Waals surface area contributed by atoms with Crippen LogP contribution in [0.4, 0.5) is 5.69 Å². The number of aryl methyl sites for hydroxylation is 1. The normalized spacial score (nSPS) is 10.6. The number of carbonyl (C=O) groups excluding carboxylic acids is 2. The first-order chi connectivity index (χ1) is 9.56. The van der Waals surface area contributed by atoms with Gasteiger partial charge in [-0.2, -0.15) is 0 Å². The van der Waals surface area contributed by atoms with Gasteiger partial charge in [0.15, 0.2) is 0 Å². The van der Waals surface area contributed by atoms with Crippen LogP contribution >= 0.6 is 0 Å². The van der Waals surface area contributed by atoms with E-state index < -0.39 is 5.97 Å². The van der Waals surface area contributed by atoms with Crippen molar-refractivity contribution in [3.05, 3.63) is 29.5 Å². The van der Waals surface area contributed by atoms with Crippen LogP contribution in [0.25, 0.3) is 10.9 Å². The fourth-order valence-corrected chi connectivity index (χ4v) is 2.02. The molecular formula is C15H18N2O3. The number of carbonyl (C=O) groups is 2. The molecule has 2 rings (SSSR count). The van der Waals surface area contributed by atoms with Crippen molar-refractivity contribution in [1.82, 2.24) is 4.98 Å². The minimum Gasteiger partial charge on any atom is -0.461 e. The quantitative estimate of drug-likeness (QED) is 0.842. The van der Waals surface area contributed by atoms with Crippen molar-refractivity contribution < 1.29 is 14.3 Å². The summed E-state index contributed by atoms with van der Waals surface area (Å²) in [5.41, 5.74) is 2.63. The Kier molecular flexibility index (Phi) is 4.08. The molecule has 0 unspecified atom stereocenters. The van der Waals surface area contributed by atoms with Crippen LogP contribution < -0.4 is 5.32 Å². The van der Waals surface area contributed by atoms with E-state index in [1.165, 1.54) is 0 Å². The van der Waals surface area contributed by atoms with Crippen LogP contribution in [0, 0.1) is 6.92 Å². The molecule has 1 amide bonds. The van der Waals surface area contributed by atoms with Crippen LogP contribution in [0.15, 0.2) is 18.2 Å². The number of fused-ring (bicyclic) bond motifs is 1. The first-order valence-corrected chi connectivity index (χ1v) is 6.66. The van der Waals surface area contributed by atoms with Gasteiger partial charge in [0.05, 0.1) is 12.3 Å². The minimum atomic E-state index is -0.465. The number of hydrogen-bond acceptors (Lipinski definition) is 3. The van der Waals surface area contributed by atoms with Gasteiger partial charge in [-0.15, -0.1) is 0 Å². The molecule has 5 nitrogen and oxygen atoms in total. The molecule has 0 spiro atoms. The maximum atomic E-state index is 12.0. The average molecular weight is 274 g/mol. The Morgan fingerprint density at radius 2 is 2.05 bits per heavy atom. The van der Waals surface area contributed by atoms with E-state index in [-0.39, 0.29) is 18.2 Å². The third-order valence-electron chi connectivity index (χ3n) is 3.02. The molecule has 0 saturated heterocycles.